The van der Waals surface area contributed by atoms with Gasteiger partial charge in [0.25, 0.3) is 0 Å². The van der Waals surface area contributed by atoms with E-state index in [4.69, 9.17) is 4.42 Å². The number of furan rings is 1. The van der Waals surface area contributed by atoms with Gasteiger partial charge in [-0.15, -0.1) is 0 Å². The van der Waals surface area contributed by atoms with Crippen LogP contribution in [0.15, 0.2) is 47.1 Å². The number of nitrogens with zero attached hydrogens (tertiary/aromatic N) is 1. The molecule has 1 N–H and O–H groups in total. The Hall–Kier alpha value is -2.14. The van der Waals surface area contributed by atoms with Crippen molar-refractivity contribution in [2.75, 3.05) is 20.6 Å². The second kappa shape index (κ2) is 9.37. The van der Waals surface area contributed by atoms with Gasteiger partial charge in [0.15, 0.2) is 0 Å². The highest BCUT2D eigenvalue weighted by Gasteiger charge is 2.20. The number of halogens is 1. The number of likely N-dealkylation sites (N-methyl/N-ethyl adjacent to an activating group) is 1. The molecule has 0 aliphatic rings. The molecule has 0 spiro atoms. The summed E-state index contributed by atoms with van der Waals surface area (Å²) in [6.07, 6.45) is 3.91. The summed E-state index contributed by atoms with van der Waals surface area (Å²) in [6, 6.07) is 10.2. The van der Waals surface area contributed by atoms with Crippen molar-refractivity contribution in [3.05, 3.63) is 59.8 Å². The summed E-state index contributed by atoms with van der Waals surface area (Å²) < 4.78 is 18.6. The third kappa shape index (κ3) is 5.71. The Bertz CT molecular complexity index is 638. The van der Waals surface area contributed by atoms with Gasteiger partial charge in [-0.3, -0.25) is 9.69 Å². The van der Waals surface area contributed by atoms with Crippen LogP contribution in [0.25, 0.3) is 0 Å². The Morgan fingerprint density at radius 1 is 1.24 bits per heavy atom. The fraction of sp³-hybridized carbons (Fsp3) is 0.450. The topological polar surface area (TPSA) is 45.5 Å². The lowest BCUT2D eigenvalue weighted by Gasteiger charge is -2.23. The average Bonchev–Trinajstić information content (AvgIpc) is 3.09. The Morgan fingerprint density at radius 2 is 1.96 bits per heavy atom. The molecular weight excluding hydrogens is 319 g/mol. The van der Waals surface area contributed by atoms with Crippen LogP contribution in [0.4, 0.5) is 4.39 Å². The largest absolute Gasteiger partial charge is 0.468 e. The maximum atomic E-state index is 13.1. The van der Waals surface area contributed by atoms with Crippen LogP contribution in [0.3, 0.4) is 0 Å². The quantitative estimate of drug-likeness (QED) is 0.743. The summed E-state index contributed by atoms with van der Waals surface area (Å²) in [4.78, 5) is 14.4. The first-order chi connectivity index (χ1) is 12.0. The molecule has 5 heteroatoms. The van der Waals surface area contributed by atoms with Gasteiger partial charge in [0.2, 0.25) is 5.91 Å². The van der Waals surface area contributed by atoms with Gasteiger partial charge in [0.05, 0.1) is 12.3 Å². The van der Waals surface area contributed by atoms with E-state index in [0.29, 0.717) is 13.0 Å². The van der Waals surface area contributed by atoms with E-state index in [-0.39, 0.29) is 23.7 Å². The second-order valence-corrected chi connectivity index (χ2v) is 6.54. The molecule has 1 aromatic carbocycles. The van der Waals surface area contributed by atoms with E-state index in [1.807, 2.05) is 31.1 Å². The van der Waals surface area contributed by atoms with E-state index in [0.717, 1.165) is 24.2 Å². The molecule has 2 unspecified atom stereocenters. The molecule has 2 atom stereocenters. The molecule has 0 saturated heterocycles. The third-order valence-electron chi connectivity index (χ3n) is 4.40. The van der Waals surface area contributed by atoms with Gasteiger partial charge in [0, 0.05) is 13.0 Å². The van der Waals surface area contributed by atoms with Crippen molar-refractivity contribution in [2.45, 2.75) is 38.1 Å². The van der Waals surface area contributed by atoms with Crippen molar-refractivity contribution in [3.8, 4) is 0 Å². The average molecular weight is 346 g/mol. The molecule has 1 heterocycles. The minimum atomic E-state index is -0.254. The minimum Gasteiger partial charge on any atom is -0.468 e. The molecule has 2 aromatic rings. The molecule has 136 valence electrons. The lowest BCUT2D eigenvalue weighted by molar-refractivity contribution is -0.121. The van der Waals surface area contributed by atoms with Gasteiger partial charge >= 0.3 is 0 Å². The van der Waals surface area contributed by atoms with Crippen LogP contribution >= 0.6 is 0 Å². The number of carbonyl (C=O) groups excluding carboxylic acids is 1. The van der Waals surface area contributed by atoms with Gasteiger partial charge in [-0.1, -0.05) is 25.5 Å². The molecule has 0 aliphatic heterocycles. The van der Waals surface area contributed by atoms with E-state index in [9.17, 15) is 9.18 Å². The normalized spacial score (nSPS) is 13.6. The van der Waals surface area contributed by atoms with Gasteiger partial charge < -0.3 is 9.73 Å². The number of carbonyl (C=O) groups is 1. The number of hydrogen-bond donors (Lipinski definition) is 1. The third-order valence-corrected chi connectivity index (χ3v) is 4.40. The highest BCUT2D eigenvalue weighted by molar-refractivity contribution is 5.76. The fourth-order valence-electron chi connectivity index (χ4n) is 2.99. The van der Waals surface area contributed by atoms with Crippen molar-refractivity contribution in [3.63, 3.8) is 0 Å². The zero-order valence-electron chi connectivity index (χ0n) is 15.2. The van der Waals surface area contributed by atoms with E-state index < -0.39 is 0 Å². The number of amides is 1. The molecule has 0 saturated carbocycles. The van der Waals surface area contributed by atoms with Crippen LogP contribution < -0.4 is 5.32 Å². The monoisotopic (exact) mass is 346 g/mol. The maximum absolute atomic E-state index is 13.1. The molecule has 0 fully saturated rings. The summed E-state index contributed by atoms with van der Waals surface area (Å²) in [5.41, 5.74) is 1.01. The standard InChI is InChI=1S/C20H27FN2O2/c1-4-6-16(15-8-10-17(21)11-9-15)13-20(24)22-14-18(23(2)3)19-7-5-12-25-19/h5,7-12,16,18H,4,6,13-14H2,1-3H3,(H,22,24). The van der Waals surface area contributed by atoms with Crippen LogP contribution in [0.5, 0.6) is 0 Å². The molecule has 4 nitrogen and oxygen atoms in total. The second-order valence-electron chi connectivity index (χ2n) is 6.54. The molecule has 0 bridgehead atoms. The van der Waals surface area contributed by atoms with Gasteiger partial charge in [0.1, 0.15) is 11.6 Å². The maximum Gasteiger partial charge on any atom is 0.220 e. The van der Waals surface area contributed by atoms with Crippen molar-refractivity contribution in [1.82, 2.24) is 10.2 Å². The molecular formula is C20H27FN2O2. The number of hydrogen-bond acceptors (Lipinski definition) is 3. The van der Waals surface area contributed by atoms with E-state index in [2.05, 4.69) is 12.2 Å². The molecule has 0 aliphatic carbocycles. The summed E-state index contributed by atoms with van der Waals surface area (Å²) in [5, 5.41) is 3.01. The van der Waals surface area contributed by atoms with Crippen LogP contribution in [0.2, 0.25) is 0 Å². The minimum absolute atomic E-state index is 0.00109. The molecule has 1 aromatic heterocycles. The van der Waals surface area contributed by atoms with Crippen molar-refractivity contribution >= 4 is 5.91 Å². The van der Waals surface area contributed by atoms with Crippen LogP contribution in [-0.4, -0.2) is 31.4 Å². The van der Waals surface area contributed by atoms with Crippen molar-refractivity contribution in [2.24, 2.45) is 0 Å². The van der Waals surface area contributed by atoms with Gasteiger partial charge in [-0.25, -0.2) is 4.39 Å². The Kier molecular flexibility index (Phi) is 7.19. The highest BCUT2D eigenvalue weighted by Crippen LogP contribution is 2.25. The summed E-state index contributed by atoms with van der Waals surface area (Å²) in [5.74, 6) is 0.679. The smallest absolute Gasteiger partial charge is 0.220 e. The van der Waals surface area contributed by atoms with E-state index in [1.54, 1.807) is 18.4 Å². The van der Waals surface area contributed by atoms with Crippen LogP contribution in [0, 0.1) is 5.82 Å². The summed E-state index contributed by atoms with van der Waals surface area (Å²) in [6.45, 7) is 2.58. The highest BCUT2D eigenvalue weighted by atomic mass is 19.1. The van der Waals surface area contributed by atoms with E-state index in [1.165, 1.54) is 12.1 Å². The first-order valence-electron chi connectivity index (χ1n) is 8.73. The molecule has 1 amide bonds. The number of benzene rings is 1. The molecule has 25 heavy (non-hydrogen) atoms. The first-order valence-corrected chi connectivity index (χ1v) is 8.73. The summed E-state index contributed by atoms with van der Waals surface area (Å²) >= 11 is 0. The zero-order valence-corrected chi connectivity index (χ0v) is 15.2. The van der Waals surface area contributed by atoms with Gasteiger partial charge in [-0.05, 0) is 56.3 Å². The Labute approximate surface area is 149 Å². The molecule has 2 rings (SSSR count). The fourth-order valence-corrected chi connectivity index (χ4v) is 2.99. The van der Waals surface area contributed by atoms with E-state index >= 15 is 0 Å². The van der Waals surface area contributed by atoms with Crippen molar-refractivity contribution in [1.29, 1.82) is 0 Å². The van der Waals surface area contributed by atoms with Crippen LogP contribution in [-0.2, 0) is 4.79 Å². The van der Waals surface area contributed by atoms with Gasteiger partial charge in [-0.2, -0.15) is 0 Å². The first kappa shape index (κ1) is 19.2. The molecule has 0 radical (unpaired) electrons. The summed E-state index contributed by atoms with van der Waals surface area (Å²) in [7, 11) is 3.91. The zero-order chi connectivity index (χ0) is 18.2. The number of nitrogens with one attached hydrogen (secondary N) is 1. The Balaban J connectivity index is 1.95. The predicted octanol–water partition coefficient (Wildman–Crippen LogP) is 4.11. The lowest BCUT2D eigenvalue weighted by atomic mass is 9.91. The lowest BCUT2D eigenvalue weighted by Crippen LogP contribution is -2.34. The number of rotatable bonds is 9. The van der Waals surface area contributed by atoms with Crippen molar-refractivity contribution < 1.29 is 13.6 Å². The SMILES string of the molecule is CCCC(CC(=O)NCC(c1ccco1)N(C)C)c1ccc(F)cc1. The Morgan fingerprint density at radius 3 is 2.52 bits per heavy atom. The predicted molar refractivity (Wildman–Crippen MR) is 96.8 cm³/mol. The van der Waals surface area contributed by atoms with Crippen LogP contribution in [0.1, 0.15) is 49.5 Å².